The van der Waals surface area contributed by atoms with Crippen LogP contribution in [-0.2, 0) is 0 Å². The molecule has 0 spiro atoms. The molecule has 0 fully saturated rings. The van der Waals surface area contributed by atoms with Crippen molar-refractivity contribution in [3.8, 4) is 0 Å². The van der Waals surface area contributed by atoms with Gasteiger partial charge in [0.05, 0.1) is 27.7 Å². The molecule has 0 aliphatic carbocycles. The summed E-state index contributed by atoms with van der Waals surface area (Å²) >= 11 is 0. The molecule has 0 aromatic heterocycles. The Labute approximate surface area is 158 Å². The van der Waals surface area contributed by atoms with E-state index in [1.165, 1.54) is 89.9 Å². The lowest BCUT2D eigenvalue weighted by molar-refractivity contribution is -0.864. The van der Waals surface area contributed by atoms with Crippen LogP contribution < -0.4 is 17.0 Å². The lowest BCUT2D eigenvalue weighted by Gasteiger charge is -2.21. The van der Waals surface area contributed by atoms with Gasteiger partial charge in [-0.3, -0.25) is 0 Å². The van der Waals surface area contributed by atoms with Gasteiger partial charge in [-0.2, -0.15) is 0 Å². The van der Waals surface area contributed by atoms with Gasteiger partial charge in [-0.05, 0) is 18.9 Å². The van der Waals surface area contributed by atoms with Gasteiger partial charge in [-0.1, -0.05) is 90.0 Å². The molecule has 2 heteroatoms. The van der Waals surface area contributed by atoms with Crippen molar-refractivity contribution < 1.29 is 21.5 Å². The van der Waals surface area contributed by atoms with Gasteiger partial charge in [0.15, 0.2) is 0 Å². The summed E-state index contributed by atoms with van der Waals surface area (Å²) in [6.45, 7) is 3.44. The molecule has 0 heterocycles. The van der Waals surface area contributed by atoms with E-state index in [1.807, 2.05) is 0 Å². The van der Waals surface area contributed by atoms with Crippen LogP contribution in [0.3, 0.4) is 0 Å². The number of hydrogen-bond acceptors (Lipinski definition) is 0. The van der Waals surface area contributed by atoms with Crippen LogP contribution in [0.4, 0.5) is 0 Å². The number of rotatable bonds is 16. The maximum atomic E-state index is 2.38. The Bertz CT molecular complexity index is 243. The molecule has 0 aliphatic rings. The molecule has 0 aromatic rings. The molecule has 140 valence electrons. The van der Waals surface area contributed by atoms with E-state index in [2.05, 4.69) is 40.2 Å². The Morgan fingerprint density at radius 1 is 0.565 bits per heavy atom. The van der Waals surface area contributed by atoms with Crippen LogP contribution in [0.25, 0.3) is 0 Å². The number of likely N-dealkylation sites (N-methyl/N-ethyl adjacent to an activating group) is 1. The summed E-state index contributed by atoms with van der Waals surface area (Å²) in [5.41, 5.74) is 0. The zero-order chi connectivity index (χ0) is 16.5. The first-order valence-corrected chi connectivity index (χ1v) is 10.0. The van der Waals surface area contributed by atoms with Crippen LogP contribution in [0.5, 0.6) is 0 Å². The monoisotopic (exact) mass is 389 g/mol. The van der Waals surface area contributed by atoms with Crippen molar-refractivity contribution in [3.63, 3.8) is 0 Å². The minimum absolute atomic E-state index is 0. The third-order valence-corrected chi connectivity index (χ3v) is 4.29. The Kier molecular flexibility index (Phi) is 20.5. The molecular formula is C21H44BrN. The summed E-state index contributed by atoms with van der Waals surface area (Å²) in [6.07, 6.45) is 24.8. The molecule has 0 saturated heterocycles. The highest BCUT2D eigenvalue weighted by atomic mass is 79.9. The standard InChI is InChI=1S/C21H44N.BrH/c1-5-6-7-8-9-10-11-12-13-14-15-16-17-18-19-20-21-22(2,3)4;/h19-20H,5-18,21H2,1-4H3;1H/q+1;/p-1/b20-19+;. The smallest absolute Gasteiger partial charge is 0.0967 e. The molecule has 0 rings (SSSR count). The fourth-order valence-electron chi connectivity index (χ4n) is 2.79. The predicted molar refractivity (Wildman–Crippen MR) is 102 cm³/mol. The maximum absolute atomic E-state index is 2.38. The fraction of sp³-hybridized carbons (Fsp3) is 0.905. The van der Waals surface area contributed by atoms with Crippen LogP contribution >= 0.6 is 0 Å². The van der Waals surface area contributed by atoms with Crippen molar-refractivity contribution in [1.82, 2.24) is 0 Å². The SMILES string of the molecule is CCCCCCCCCCCCCCC/C=C/C[N+](C)(C)C.[Br-]. The van der Waals surface area contributed by atoms with Crippen molar-refractivity contribution in [1.29, 1.82) is 0 Å². The molecule has 0 amide bonds. The lowest BCUT2D eigenvalue weighted by Crippen LogP contribution is -3.00. The quantitative estimate of drug-likeness (QED) is 0.214. The van der Waals surface area contributed by atoms with Crippen molar-refractivity contribution in [2.24, 2.45) is 0 Å². The van der Waals surface area contributed by atoms with Gasteiger partial charge < -0.3 is 21.5 Å². The molecule has 0 N–H and O–H groups in total. The van der Waals surface area contributed by atoms with E-state index in [-0.39, 0.29) is 17.0 Å². The van der Waals surface area contributed by atoms with Crippen LogP contribution in [0.15, 0.2) is 12.2 Å². The van der Waals surface area contributed by atoms with Gasteiger partial charge in [0.1, 0.15) is 0 Å². The first-order valence-electron chi connectivity index (χ1n) is 10.0. The number of allylic oxidation sites excluding steroid dienone is 1. The topological polar surface area (TPSA) is 0 Å². The van der Waals surface area contributed by atoms with Crippen molar-refractivity contribution in [3.05, 3.63) is 12.2 Å². The van der Waals surface area contributed by atoms with E-state index < -0.39 is 0 Å². The number of quaternary nitrogens is 1. The second-order valence-electron chi connectivity index (χ2n) is 7.98. The Morgan fingerprint density at radius 2 is 0.957 bits per heavy atom. The minimum atomic E-state index is 0. The van der Waals surface area contributed by atoms with Crippen LogP contribution in [-0.4, -0.2) is 32.2 Å². The molecule has 0 aromatic carbocycles. The highest BCUT2D eigenvalue weighted by Crippen LogP contribution is 2.13. The second kappa shape index (κ2) is 18.5. The first kappa shape index (κ1) is 25.4. The number of hydrogen-bond donors (Lipinski definition) is 0. The van der Waals surface area contributed by atoms with E-state index in [1.54, 1.807) is 0 Å². The molecule has 0 bridgehead atoms. The minimum Gasteiger partial charge on any atom is -1.00 e. The van der Waals surface area contributed by atoms with Gasteiger partial charge in [0.2, 0.25) is 0 Å². The van der Waals surface area contributed by atoms with Crippen LogP contribution in [0.2, 0.25) is 0 Å². The number of nitrogens with zero attached hydrogens (tertiary/aromatic N) is 1. The van der Waals surface area contributed by atoms with Gasteiger partial charge in [0, 0.05) is 0 Å². The largest absolute Gasteiger partial charge is 1.00 e. The lowest BCUT2D eigenvalue weighted by atomic mass is 10.0. The van der Waals surface area contributed by atoms with E-state index in [0.717, 1.165) is 11.0 Å². The highest BCUT2D eigenvalue weighted by Gasteiger charge is 2.01. The summed E-state index contributed by atoms with van der Waals surface area (Å²) in [6, 6.07) is 0. The third kappa shape index (κ3) is 24.6. The number of unbranched alkanes of at least 4 members (excludes halogenated alkanes) is 13. The Hall–Kier alpha value is 0.180. The second-order valence-corrected chi connectivity index (χ2v) is 7.98. The summed E-state index contributed by atoms with van der Waals surface area (Å²) < 4.78 is 1.04. The van der Waals surface area contributed by atoms with E-state index >= 15 is 0 Å². The van der Waals surface area contributed by atoms with E-state index in [0.29, 0.717) is 0 Å². The van der Waals surface area contributed by atoms with Crippen LogP contribution in [0.1, 0.15) is 96.8 Å². The molecule has 0 radical (unpaired) electrons. The normalized spacial score (nSPS) is 11.8. The summed E-state index contributed by atoms with van der Waals surface area (Å²) in [5.74, 6) is 0. The van der Waals surface area contributed by atoms with Gasteiger partial charge in [-0.15, -0.1) is 0 Å². The maximum Gasteiger partial charge on any atom is 0.0967 e. The molecule has 0 saturated carbocycles. The zero-order valence-electron chi connectivity index (χ0n) is 16.6. The summed E-state index contributed by atoms with van der Waals surface area (Å²) in [4.78, 5) is 0. The Balaban J connectivity index is 0. The van der Waals surface area contributed by atoms with Gasteiger partial charge >= 0.3 is 0 Å². The summed E-state index contributed by atoms with van der Waals surface area (Å²) in [5, 5.41) is 0. The predicted octanol–water partition coefficient (Wildman–Crippen LogP) is 3.73. The molecule has 0 aliphatic heterocycles. The van der Waals surface area contributed by atoms with Crippen molar-refractivity contribution in [2.45, 2.75) is 96.8 Å². The van der Waals surface area contributed by atoms with Gasteiger partial charge in [-0.25, -0.2) is 0 Å². The molecule has 1 nitrogen and oxygen atoms in total. The Morgan fingerprint density at radius 3 is 1.35 bits per heavy atom. The number of halogens is 1. The zero-order valence-corrected chi connectivity index (χ0v) is 18.2. The molecule has 0 unspecified atom stereocenters. The van der Waals surface area contributed by atoms with Crippen LogP contribution in [0, 0.1) is 0 Å². The third-order valence-electron chi connectivity index (χ3n) is 4.29. The first-order chi connectivity index (χ1) is 10.6. The van der Waals surface area contributed by atoms with E-state index in [9.17, 15) is 0 Å². The molecule has 23 heavy (non-hydrogen) atoms. The molecular weight excluding hydrogens is 346 g/mol. The van der Waals surface area contributed by atoms with Gasteiger partial charge in [0.25, 0.3) is 0 Å². The average molecular weight is 390 g/mol. The van der Waals surface area contributed by atoms with E-state index in [4.69, 9.17) is 0 Å². The highest BCUT2D eigenvalue weighted by molar-refractivity contribution is 4.81. The molecule has 0 atom stereocenters. The fourth-order valence-corrected chi connectivity index (χ4v) is 2.79. The summed E-state index contributed by atoms with van der Waals surface area (Å²) in [7, 11) is 6.74. The van der Waals surface area contributed by atoms with Crippen molar-refractivity contribution in [2.75, 3.05) is 27.7 Å². The van der Waals surface area contributed by atoms with Crippen molar-refractivity contribution >= 4 is 0 Å². The average Bonchev–Trinajstić information content (AvgIpc) is 2.45.